The van der Waals surface area contributed by atoms with Crippen LogP contribution in [0.5, 0.6) is 0 Å². The second-order valence-corrected chi connectivity index (χ2v) is 4.78. The smallest absolute Gasteiger partial charge is 0.338 e. The summed E-state index contributed by atoms with van der Waals surface area (Å²) in [5.41, 5.74) is -0.941. The molecule has 0 atom stereocenters. The predicted molar refractivity (Wildman–Crippen MR) is 72.3 cm³/mol. The number of hydrogen-bond donors (Lipinski definition) is 3. The van der Waals surface area contributed by atoms with Gasteiger partial charge in [-0.2, -0.15) is 0 Å². The van der Waals surface area contributed by atoms with E-state index >= 15 is 0 Å². The number of H-pyrrole nitrogens is 1. The maximum atomic E-state index is 13.4. The minimum atomic E-state index is -1.53. The van der Waals surface area contributed by atoms with Crippen LogP contribution in [0.3, 0.4) is 0 Å². The van der Waals surface area contributed by atoms with Crippen molar-refractivity contribution in [1.82, 2.24) is 4.98 Å². The molecule has 0 saturated heterocycles. The number of rotatable bonds is 5. The van der Waals surface area contributed by atoms with Gasteiger partial charge in [-0.3, -0.25) is 14.9 Å². The number of carbonyl (C=O) groups is 1. The Morgan fingerprint density at radius 2 is 2.24 bits per heavy atom. The second kappa shape index (κ2) is 5.71. The normalized spacial score (nSPS) is 10.3. The van der Waals surface area contributed by atoms with E-state index in [1.807, 2.05) is 0 Å². The minimum Gasteiger partial charge on any atom is -0.478 e. The first-order chi connectivity index (χ1) is 9.88. The molecule has 21 heavy (non-hydrogen) atoms. The third-order valence-corrected chi connectivity index (χ3v) is 3.27. The van der Waals surface area contributed by atoms with Gasteiger partial charge in [0.15, 0.2) is 0 Å². The van der Waals surface area contributed by atoms with Gasteiger partial charge >= 0.3 is 10.8 Å². The molecule has 1 aromatic carbocycles. The molecule has 10 heteroatoms. The van der Waals surface area contributed by atoms with E-state index in [4.69, 9.17) is 5.11 Å². The van der Waals surface area contributed by atoms with E-state index in [2.05, 4.69) is 10.3 Å². The molecule has 1 heterocycles. The molecule has 2 aromatic rings. The highest BCUT2D eigenvalue weighted by Crippen LogP contribution is 2.28. The lowest BCUT2D eigenvalue weighted by Gasteiger charge is -2.07. The second-order valence-electron chi connectivity index (χ2n) is 3.94. The van der Waals surface area contributed by atoms with Crippen molar-refractivity contribution in [2.45, 2.75) is 6.54 Å². The Labute approximate surface area is 120 Å². The Hall–Kier alpha value is -2.75. The van der Waals surface area contributed by atoms with Crippen LogP contribution < -0.4 is 10.2 Å². The molecule has 0 unspecified atom stereocenters. The maximum absolute atomic E-state index is 13.4. The highest BCUT2D eigenvalue weighted by molar-refractivity contribution is 7.07. The molecule has 0 aliphatic rings. The van der Waals surface area contributed by atoms with Gasteiger partial charge in [-0.25, -0.2) is 9.18 Å². The summed E-state index contributed by atoms with van der Waals surface area (Å²) in [6, 6.07) is 1.39. The fraction of sp³-hybridized carbons (Fsp3) is 0.0909. The molecule has 110 valence electrons. The van der Waals surface area contributed by atoms with Crippen molar-refractivity contribution < 1.29 is 19.2 Å². The van der Waals surface area contributed by atoms with Crippen LogP contribution in [-0.2, 0) is 6.54 Å². The van der Waals surface area contributed by atoms with Crippen molar-refractivity contribution in [3.8, 4) is 0 Å². The number of carboxylic acids is 1. The zero-order chi connectivity index (χ0) is 15.6. The molecule has 0 aliphatic heterocycles. The Kier molecular flexibility index (Phi) is 3.98. The van der Waals surface area contributed by atoms with Crippen LogP contribution >= 0.6 is 11.3 Å². The maximum Gasteiger partial charge on any atom is 0.338 e. The zero-order valence-corrected chi connectivity index (χ0v) is 11.1. The molecule has 1 aromatic heterocycles. The minimum absolute atomic E-state index is 0.0320. The lowest BCUT2D eigenvalue weighted by atomic mass is 10.1. The quantitative estimate of drug-likeness (QED) is 0.571. The van der Waals surface area contributed by atoms with Crippen molar-refractivity contribution in [2.24, 2.45) is 0 Å². The number of carboxylic acid groups (broad SMARTS) is 1. The van der Waals surface area contributed by atoms with E-state index in [-0.39, 0.29) is 17.1 Å². The van der Waals surface area contributed by atoms with Crippen molar-refractivity contribution in [3.05, 3.63) is 54.4 Å². The Morgan fingerprint density at radius 1 is 1.52 bits per heavy atom. The highest BCUT2D eigenvalue weighted by Gasteiger charge is 2.21. The number of nitro groups is 1. The Morgan fingerprint density at radius 3 is 2.76 bits per heavy atom. The number of aromatic carboxylic acids is 1. The third-order valence-electron chi connectivity index (χ3n) is 2.55. The van der Waals surface area contributed by atoms with E-state index in [9.17, 15) is 24.1 Å². The molecule has 0 radical (unpaired) electrons. The van der Waals surface area contributed by atoms with Gasteiger partial charge in [0.2, 0.25) is 0 Å². The summed E-state index contributed by atoms with van der Waals surface area (Å²) < 4.78 is 13.4. The molecule has 2 rings (SSSR count). The number of nitrogens with one attached hydrogen (secondary N) is 2. The molecular weight excluding hydrogens is 305 g/mol. The lowest BCUT2D eigenvalue weighted by molar-refractivity contribution is -0.384. The van der Waals surface area contributed by atoms with Gasteiger partial charge in [-0.1, -0.05) is 11.3 Å². The van der Waals surface area contributed by atoms with E-state index in [0.29, 0.717) is 11.8 Å². The first-order valence-electron chi connectivity index (χ1n) is 5.50. The molecule has 8 nitrogen and oxygen atoms in total. The third kappa shape index (κ3) is 3.23. The van der Waals surface area contributed by atoms with E-state index < -0.39 is 28.0 Å². The molecule has 0 fully saturated rings. The van der Waals surface area contributed by atoms with Gasteiger partial charge in [-0.05, 0) is 6.07 Å². The van der Waals surface area contributed by atoms with Crippen molar-refractivity contribution >= 4 is 28.7 Å². The van der Waals surface area contributed by atoms with Crippen molar-refractivity contribution in [3.63, 3.8) is 0 Å². The number of aromatic nitrogens is 1. The number of hydrogen-bond acceptors (Lipinski definition) is 6. The van der Waals surface area contributed by atoms with Gasteiger partial charge in [0.25, 0.3) is 5.69 Å². The summed E-state index contributed by atoms with van der Waals surface area (Å²) in [7, 11) is 0. The van der Waals surface area contributed by atoms with E-state index in [0.717, 1.165) is 17.4 Å². The number of anilines is 1. The van der Waals surface area contributed by atoms with Gasteiger partial charge in [0.05, 0.1) is 23.1 Å². The Balaban J connectivity index is 2.35. The standard InChI is InChI=1S/C11H8FN3O5S/c12-7-2-9(15(19)20)8(1-6(7)10(16)17)13-3-5-4-21-11(18)14-5/h1-2,4,13H,3H2,(H,14,18)(H,16,17). The van der Waals surface area contributed by atoms with E-state index in [1.165, 1.54) is 5.38 Å². The summed E-state index contributed by atoms with van der Waals surface area (Å²) >= 11 is 0.921. The summed E-state index contributed by atoms with van der Waals surface area (Å²) in [5, 5.41) is 23.8. The summed E-state index contributed by atoms with van der Waals surface area (Å²) in [6.45, 7) is 0.0320. The molecule has 3 N–H and O–H groups in total. The van der Waals surface area contributed by atoms with Crippen LogP contribution in [0.2, 0.25) is 0 Å². The number of aromatic amines is 1. The fourth-order valence-electron chi connectivity index (χ4n) is 1.61. The number of nitrogens with zero attached hydrogens (tertiary/aromatic N) is 1. The van der Waals surface area contributed by atoms with Gasteiger partial charge in [0.1, 0.15) is 11.5 Å². The van der Waals surface area contributed by atoms with E-state index in [1.54, 1.807) is 0 Å². The van der Waals surface area contributed by atoms with Crippen LogP contribution in [0.15, 0.2) is 22.3 Å². The predicted octanol–water partition coefficient (Wildman–Crippen LogP) is 1.79. The average molecular weight is 313 g/mol. The Bertz CT molecular complexity index is 769. The van der Waals surface area contributed by atoms with Gasteiger partial charge in [0, 0.05) is 11.1 Å². The number of nitro benzene ring substituents is 1. The SMILES string of the molecule is O=C(O)c1cc(NCc2csc(=O)[nH]2)c([N+](=O)[O-])cc1F. The monoisotopic (exact) mass is 313 g/mol. The van der Waals surface area contributed by atoms with Crippen LogP contribution in [0, 0.1) is 15.9 Å². The molecular formula is C11H8FN3O5S. The lowest BCUT2D eigenvalue weighted by Crippen LogP contribution is -2.08. The van der Waals surface area contributed by atoms with Gasteiger partial charge in [-0.15, -0.1) is 0 Å². The van der Waals surface area contributed by atoms with Crippen LogP contribution in [0.1, 0.15) is 16.1 Å². The largest absolute Gasteiger partial charge is 0.478 e. The summed E-state index contributed by atoms with van der Waals surface area (Å²) in [5.74, 6) is -2.72. The highest BCUT2D eigenvalue weighted by atomic mass is 32.1. The fourth-order valence-corrected chi connectivity index (χ4v) is 2.19. The summed E-state index contributed by atoms with van der Waals surface area (Å²) in [4.78, 5) is 34.1. The molecule has 0 amide bonds. The average Bonchev–Trinajstić information content (AvgIpc) is 2.82. The first kappa shape index (κ1) is 14.7. The number of benzene rings is 1. The molecule has 0 saturated carbocycles. The van der Waals surface area contributed by atoms with Crippen molar-refractivity contribution in [1.29, 1.82) is 0 Å². The zero-order valence-electron chi connectivity index (χ0n) is 10.3. The van der Waals surface area contributed by atoms with Crippen LogP contribution in [0.25, 0.3) is 0 Å². The molecule has 0 spiro atoms. The van der Waals surface area contributed by atoms with Crippen LogP contribution in [-0.4, -0.2) is 21.0 Å². The molecule has 0 aliphatic carbocycles. The number of thiazole rings is 1. The molecule has 0 bridgehead atoms. The topological polar surface area (TPSA) is 125 Å². The summed E-state index contributed by atoms with van der Waals surface area (Å²) in [6.07, 6.45) is 0. The number of halogens is 1. The first-order valence-corrected chi connectivity index (χ1v) is 6.38. The van der Waals surface area contributed by atoms with Gasteiger partial charge < -0.3 is 15.4 Å². The van der Waals surface area contributed by atoms with Crippen molar-refractivity contribution in [2.75, 3.05) is 5.32 Å². The van der Waals surface area contributed by atoms with Crippen LogP contribution in [0.4, 0.5) is 15.8 Å².